The summed E-state index contributed by atoms with van der Waals surface area (Å²) >= 11 is 21.7. The molecule has 0 aliphatic carbocycles. The molecule has 19 heavy (non-hydrogen) atoms. The zero-order valence-electron chi connectivity index (χ0n) is 8.86. The van der Waals surface area contributed by atoms with Gasteiger partial charge in [0.1, 0.15) is 0 Å². The molecule has 3 nitrogen and oxygen atoms in total. The van der Waals surface area contributed by atoms with E-state index in [1.165, 1.54) is 18.2 Å². The van der Waals surface area contributed by atoms with E-state index in [4.69, 9.17) is 39.0 Å². The summed E-state index contributed by atoms with van der Waals surface area (Å²) in [6, 6.07) is 5.72. The lowest BCUT2D eigenvalue weighted by Crippen LogP contribution is -2.08. The number of thiophene rings is 1. The van der Waals surface area contributed by atoms with Crippen molar-refractivity contribution < 1.29 is 12.6 Å². The lowest BCUT2D eigenvalue weighted by molar-refractivity contribution is 0.488. The van der Waals surface area contributed by atoms with Crippen LogP contribution in [0, 0.1) is 0 Å². The first-order valence-corrected chi connectivity index (χ1v) is 8.79. The molecule has 2 rings (SSSR count). The van der Waals surface area contributed by atoms with Crippen LogP contribution in [-0.4, -0.2) is 8.42 Å². The second-order valence-corrected chi connectivity index (χ2v) is 8.78. The Kier molecular flexibility index (Phi) is 4.70. The van der Waals surface area contributed by atoms with Crippen molar-refractivity contribution in [1.29, 1.82) is 0 Å². The van der Waals surface area contributed by atoms with Gasteiger partial charge in [0.25, 0.3) is 0 Å². The normalized spacial score (nSPS) is 11.6. The van der Waals surface area contributed by atoms with Crippen LogP contribution in [0.25, 0.3) is 0 Å². The van der Waals surface area contributed by atoms with Crippen molar-refractivity contribution in [3.63, 3.8) is 0 Å². The van der Waals surface area contributed by atoms with Gasteiger partial charge in [0.15, 0.2) is 9.96 Å². The van der Waals surface area contributed by atoms with Gasteiger partial charge in [0.2, 0.25) is 0 Å². The highest BCUT2D eigenvalue weighted by Gasteiger charge is 2.22. The fraction of sp³-hybridized carbons (Fsp3) is 0. The van der Waals surface area contributed by atoms with Gasteiger partial charge in [0.05, 0.1) is 13.8 Å². The first-order chi connectivity index (χ1) is 8.79. The fourth-order valence-corrected chi connectivity index (χ4v) is 5.11. The van der Waals surface area contributed by atoms with E-state index in [0.29, 0.717) is 8.81 Å². The van der Waals surface area contributed by atoms with Crippen LogP contribution in [0.4, 0.5) is 0 Å². The van der Waals surface area contributed by atoms with Crippen molar-refractivity contribution in [3.8, 4) is 5.75 Å². The average Bonchev–Trinajstić information content (AvgIpc) is 2.71. The minimum atomic E-state index is -3.97. The SMILES string of the molecule is O=S(=O)(Oc1c(Cl)cc(Cl)cc1Cl)c1ccc(Br)s1. The van der Waals surface area contributed by atoms with E-state index < -0.39 is 10.1 Å². The molecule has 0 unspecified atom stereocenters. The van der Waals surface area contributed by atoms with Gasteiger partial charge in [-0.2, -0.15) is 8.42 Å². The summed E-state index contributed by atoms with van der Waals surface area (Å²) in [5, 5.41) is 0.340. The van der Waals surface area contributed by atoms with Crippen LogP contribution in [-0.2, 0) is 10.1 Å². The minimum absolute atomic E-state index is 0.0247. The minimum Gasteiger partial charge on any atom is -0.375 e. The van der Waals surface area contributed by atoms with Gasteiger partial charge in [-0.1, -0.05) is 34.8 Å². The van der Waals surface area contributed by atoms with Crippen molar-refractivity contribution in [3.05, 3.63) is 43.1 Å². The summed E-state index contributed by atoms with van der Waals surface area (Å²) in [5.74, 6) is -0.141. The highest BCUT2D eigenvalue weighted by atomic mass is 79.9. The molecule has 1 aromatic heterocycles. The predicted molar refractivity (Wildman–Crippen MR) is 81.3 cm³/mol. The zero-order chi connectivity index (χ0) is 14.2. The molecule has 1 aromatic carbocycles. The molecular weight excluding hydrogens is 419 g/mol. The van der Waals surface area contributed by atoms with Crippen molar-refractivity contribution in [2.24, 2.45) is 0 Å². The molecule has 0 saturated carbocycles. The maximum Gasteiger partial charge on any atom is 0.348 e. The van der Waals surface area contributed by atoms with Crippen molar-refractivity contribution in [2.75, 3.05) is 0 Å². The standard InChI is InChI=1S/C10H4BrCl3O3S2/c11-8-1-2-9(18-8)19(15,16)17-10-6(13)3-5(12)4-7(10)14/h1-4H. The molecule has 0 spiro atoms. The second-order valence-electron chi connectivity index (χ2n) is 3.29. The van der Waals surface area contributed by atoms with Gasteiger partial charge in [-0.15, -0.1) is 11.3 Å². The Labute approximate surface area is 137 Å². The summed E-state index contributed by atoms with van der Waals surface area (Å²) in [6.45, 7) is 0. The number of hydrogen-bond acceptors (Lipinski definition) is 4. The molecule has 0 bridgehead atoms. The van der Waals surface area contributed by atoms with Crippen LogP contribution >= 0.6 is 62.1 Å². The van der Waals surface area contributed by atoms with Crippen molar-refractivity contribution >= 4 is 72.2 Å². The maximum absolute atomic E-state index is 12.0. The van der Waals surface area contributed by atoms with E-state index in [9.17, 15) is 8.42 Å². The lowest BCUT2D eigenvalue weighted by atomic mass is 10.3. The molecule has 0 amide bonds. The van der Waals surface area contributed by atoms with Crippen LogP contribution in [0.15, 0.2) is 32.3 Å². The van der Waals surface area contributed by atoms with Crippen molar-refractivity contribution in [2.45, 2.75) is 4.21 Å². The van der Waals surface area contributed by atoms with Gasteiger partial charge in [-0.05, 0) is 40.2 Å². The molecule has 0 saturated heterocycles. The Morgan fingerprint density at radius 1 is 1.11 bits per heavy atom. The molecule has 2 aromatic rings. The summed E-state index contributed by atoms with van der Waals surface area (Å²) in [6.07, 6.45) is 0. The Bertz CT molecular complexity index is 704. The third-order valence-electron chi connectivity index (χ3n) is 1.95. The number of rotatable bonds is 3. The van der Waals surface area contributed by atoms with Gasteiger partial charge < -0.3 is 4.18 Å². The van der Waals surface area contributed by atoms with Gasteiger partial charge in [-0.3, -0.25) is 0 Å². The molecule has 0 radical (unpaired) electrons. The van der Waals surface area contributed by atoms with Gasteiger partial charge in [0, 0.05) is 5.02 Å². The Hall–Kier alpha value is 0.0200. The van der Waals surface area contributed by atoms with E-state index >= 15 is 0 Å². The Morgan fingerprint density at radius 2 is 1.68 bits per heavy atom. The summed E-state index contributed by atoms with van der Waals surface area (Å²) < 4.78 is 29.7. The van der Waals surface area contributed by atoms with Crippen LogP contribution < -0.4 is 4.18 Å². The lowest BCUT2D eigenvalue weighted by Gasteiger charge is -2.09. The fourth-order valence-electron chi connectivity index (χ4n) is 1.19. The largest absolute Gasteiger partial charge is 0.375 e. The van der Waals surface area contributed by atoms with E-state index in [0.717, 1.165) is 11.3 Å². The second kappa shape index (κ2) is 5.79. The van der Waals surface area contributed by atoms with E-state index in [1.54, 1.807) is 6.07 Å². The number of benzene rings is 1. The van der Waals surface area contributed by atoms with E-state index in [2.05, 4.69) is 15.9 Å². The van der Waals surface area contributed by atoms with Crippen LogP contribution in [0.1, 0.15) is 0 Å². The summed E-state index contributed by atoms with van der Waals surface area (Å²) in [5.41, 5.74) is 0. The molecule has 9 heteroatoms. The Balaban J connectivity index is 2.41. The highest BCUT2D eigenvalue weighted by Crippen LogP contribution is 2.38. The third kappa shape index (κ3) is 3.56. The molecule has 0 atom stereocenters. The van der Waals surface area contributed by atoms with E-state index in [-0.39, 0.29) is 20.0 Å². The molecule has 0 aliphatic rings. The predicted octanol–water partition coefficient (Wildman–Crippen LogP) is 5.24. The zero-order valence-corrected chi connectivity index (χ0v) is 14.3. The quantitative estimate of drug-likeness (QED) is 0.636. The van der Waals surface area contributed by atoms with Crippen LogP contribution in [0.5, 0.6) is 5.75 Å². The smallest absolute Gasteiger partial charge is 0.348 e. The Morgan fingerprint density at radius 3 is 2.16 bits per heavy atom. The number of hydrogen-bond donors (Lipinski definition) is 0. The molecule has 0 fully saturated rings. The summed E-state index contributed by atoms with van der Waals surface area (Å²) in [7, 11) is -3.97. The molecular formula is C10H4BrCl3O3S2. The highest BCUT2D eigenvalue weighted by molar-refractivity contribution is 9.11. The monoisotopic (exact) mass is 420 g/mol. The molecule has 0 N–H and O–H groups in total. The van der Waals surface area contributed by atoms with Gasteiger partial charge >= 0.3 is 10.1 Å². The van der Waals surface area contributed by atoms with E-state index in [1.807, 2.05) is 0 Å². The first kappa shape index (κ1) is 15.4. The molecule has 0 aliphatic heterocycles. The maximum atomic E-state index is 12.0. The number of halogens is 4. The van der Waals surface area contributed by atoms with Crippen molar-refractivity contribution in [1.82, 2.24) is 0 Å². The summed E-state index contributed by atoms with van der Waals surface area (Å²) in [4.78, 5) is 0. The molecule has 102 valence electrons. The van der Waals surface area contributed by atoms with Crippen LogP contribution in [0.3, 0.4) is 0 Å². The average molecular weight is 423 g/mol. The molecule has 1 heterocycles. The van der Waals surface area contributed by atoms with Crippen LogP contribution in [0.2, 0.25) is 15.1 Å². The topological polar surface area (TPSA) is 43.4 Å². The van der Waals surface area contributed by atoms with Gasteiger partial charge in [-0.25, -0.2) is 0 Å². The first-order valence-electron chi connectivity index (χ1n) is 4.64. The third-order valence-corrected chi connectivity index (χ3v) is 6.03.